The summed E-state index contributed by atoms with van der Waals surface area (Å²) in [5.74, 6) is -0.675. The largest absolute Gasteiger partial charge is 0.416 e. The van der Waals surface area contributed by atoms with E-state index in [0.29, 0.717) is 11.6 Å². The predicted octanol–water partition coefficient (Wildman–Crippen LogP) is 4.97. The number of halogens is 4. The molecule has 0 fully saturated rings. The van der Waals surface area contributed by atoms with E-state index >= 15 is 0 Å². The number of amides is 1. The van der Waals surface area contributed by atoms with E-state index in [1.54, 1.807) is 16.8 Å². The summed E-state index contributed by atoms with van der Waals surface area (Å²) in [5.41, 5.74) is 1.11. The van der Waals surface area contributed by atoms with E-state index in [2.05, 4.69) is 15.3 Å². The van der Waals surface area contributed by atoms with Crippen LogP contribution in [0.2, 0.25) is 5.02 Å². The number of nitrogens with zero attached hydrogens (tertiary/aromatic N) is 3. The van der Waals surface area contributed by atoms with E-state index in [0.717, 1.165) is 72.6 Å². The highest BCUT2D eigenvalue weighted by Crippen LogP contribution is 2.34. The molecule has 4 rings (SSSR count). The van der Waals surface area contributed by atoms with Gasteiger partial charge < -0.3 is 5.32 Å². The molecule has 1 aliphatic rings. The maximum Gasteiger partial charge on any atom is 0.416 e. The van der Waals surface area contributed by atoms with Crippen LogP contribution in [0.5, 0.6) is 0 Å². The molecule has 178 valence electrons. The summed E-state index contributed by atoms with van der Waals surface area (Å²) >= 11 is 7.05. The summed E-state index contributed by atoms with van der Waals surface area (Å²) in [5, 5.41) is 2.89. The zero-order valence-electron chi connectivity index (χ0n) is 17.9. The van der Waals surface area contributed by atoms with Crippen LogP contribution in [0.15, 0.2) is 52.4 Å². The van der Waals surface area contributed by atoms with Gasteiger partial charge in [0.05, 0.1) is 34.3 Å². The lowest BCUT2D eigenvalue weighted by molar-refractivity contribution is -0.137. The second-order valence-electron chi connectivity index (χ2n) is 7.77. The summed E-state index contributed by atoms with van der Waals surface area (Å²) < 4.78 is 40.5. The molecule has 0 saturated heterocycles. The van der Waals surface area contributed by atoms with Crippen LogP contribution in [-0.2, 0) is 30.4 Å². The molecule has 0 atom stereocenters. The van der Waals surface area contributed by atoms with Crippen molar-refractivity contribution in [1.82, 2.24) is 14.5 Å². The third-order valence-corrected chi connectivity index (χ3v) is 6.75. The van der Waals surface area contributed by atoms with Gasteiger partial charge in [-0.25, -0.2) is 4.79 Å². The van der Waals surface area contributed by atoms with Crippen molar-refractivity contribution in [3.63, 3.8) is 0 Å². The van der Waals surface area contributed by atoms with Crippen molar-refractivity contribution >= 4 is 35.0 Å². The monoisotopic (exact) mass is 508 g/mol. The zero-order chi connectivity index (χ0) is 24.3. The number of hydrogen-bond acceptors (Lipinski definition) is 5. The molecule has 0 spiro atoms. The number of aromatic nitrogens is 3. The molecule has 2 heterocycles. The molecule has 11 heteroatoms. The number of anilines is 1. The van der Waals surface area contributed by atoms with Crippen molar-refractivity contribution in [2.75, 3.05) is 11.1 Å². The molecular formula is C23H20ClF3N4O2S. The Bertz CT molecular complexity index is 1270. The number of nitrogens with one attached hydrogen (secondary N) is 1. The molecule has 1 N–H and O–H groups in total. The molecule has 3 aromatic rings. The van der Waals surface area contributed by atoms with Crippen LogP contribution in [0.4, 0.5) is 18.9 Å². The fourth-order valence-corrected chi connectivity index (χ4v) is 4.84. The normalized spacial score (nSPS) is 13.4. The van der Waals surface area contributed by atoms with Crippen LogP contribution in [0.1, 0.15) is 35.4 Å². The van der Waals surface area contributed by atoms with Crippen LogP contribution >= 0.6 is 23.4 Å². The van der Waals surface area contributed by atoms with Gasteiger partial charge in [0.25, 0.3) is 0 Å². The molecule has 0 unspecified atom stereocenters. The molecular weight excluding hydrogens is 489 g/mol. The standard InChI is InChI=1S/C23H20ClF3N4O2S/c24-17-9-8-14(23(25,26)27)11-18(17)29-20(32)13-34-21-16-6-1-2-7-19(16)31(22(33)30-21)12-15-5-3-4-10-28-15/h3-5,8-11H,1-2,6-7,12-13H2,(H,29,32). The Morgan fingerprint density at radius 2 is 1.97 bits per heavy atom. The number of benzene rings is 1. The number of alkyl halides is 3. The highest BCUT2D eigenvalue weighted by atomic mass is 35.5. The molecule has 0 saturated carbocycles. The Labute approximate surface area is 202 Å². The number of rotatable bonds is 6. The van der Waals surface area contributed by atoms with Crippen molar-refractivity contribution < 1.29 is 18.0 Å². The summed E-state index contributed by atoms with van der Waals surface area (Å²) in [7, 11) is 0. The molecule has 0 radical (unpaired) electrons. The number of fused-ring (bicyclic) bond motifs is 1. The highest BCUT2D eigenvalue weighted by molar-refractivity contribution is 8.00. The van der Waals surface area contributed by atoms with Crippen molar-refractivity contribution in [3.05, 3.63) is 80.6 Å². The topological polar surface area (TPSA) is 76.9 Å². The van der Waals surface area contributed by atoms with Crippen LogP contribution in [0, 0.1) is 0 Å². The second-order valence-corrected chi connectivity index (χ2v) is 9.14. The third-order valence-electron chi connectivity index (χ3n) is 5.40. The lowest BCUT2D eigenvalue weighted by Crippen LogP contribution is -2.31. The number of thioether (sulfide) groups is 1. The summed E-state index contributed by atoms with van der Waals surface area (Å²) in [4.78, 5) is 33.8. The Morgan fingerprint density at radius 1 is 1.18 bits per heavy atom. The first kappa shape index (κ1) is 24.3. The second kappa shape index (κ2) is 10.2. The molecule has 1 aromatic carbocycles. The number of carbonyl (C=O) groups excluding carboxylic acids is 1. The Balaban J connectivity index is 1.52. The minimum atomic E-state index is -4.55. The van der Waals surface area contributed by atoms with Crippen LogP contribution in [0.3, 0.4) is 0 Å². The van der Waals surface area contributed by atoms with Gasteiger partial charge in [-0.15, -0.1) is 0 Å². The SMILES string of the molecule is O=C(CSc1nc(=O)n(Cc2ccccn2)c2c1CCCC2)Nc1cc(C(F)(F)F)ccc1Cl. The van der Waals surface area contributed by atoms with Gasteiger partial charge in [-0.1, -0.05) is 29.4 Å². The highest BCUT2D eigenvalue weighted by Gasteiger charge is 2.31. The van der Waals surface area contributed by atoms with Gasteiger partial charge in [-0.2, -0.15) is 18.2 Å². The van der Waals surface area contributed by atoms with E-state index in [9.17, 15) is 22.8 Å². The fourth-order valence-electron chi connectivity index (χ4n) is 3.80. The van der Waals surface area contributed by atoms with E-state index in [1.165, 1.54) is 0 Å². The number of pyridine rings is 1. The summed E-state index contributed by atoms with van der Waals surface area (Å²) in [6.07, 6.45) is 0.446. The summed E-state index contributed by atoms with van der Waals surface area (Å²) in [6.45, 7) is 0.314. The van der Waals surface area contributed by atoms with Crippen molar-refractivity contribution in [2.45, 2.75) is 43.4 Å². The zero-order valence-corrected chi connectivity index (χ0v) is 19.4. The van der Waals surface area contributed by atoms with Gasteiger partial charge in [0.1, 0.15) is 5.03 Å². The van der Waals surface area contributed by atoms with Crippen LogP contribution in [-0.4, -0.2) is 26.2 Å². The van der Waals surface area contributed by atoms with E-state index in [4.69, 9.17) is 11.6 Å². The first-order chi connectivity index (χ1) is 16.2. The van der Waals surface area contributed by atoms with Gasteiger partial charge in [-0.3, -0.25) is 14.3 Å². The van der Waals surface area contributed by atoms with Crippen LogP contribution in [0.25, 0.3) is 0 Å². The maximum atomic E-state index is 13.0. The molecule has 0 bridgehead atoms. The minimum Gasteiger partial charge on any atom is -0.324 e. The lowest BCUT2D eigenvalue weighted by atomic mass is 9.97. The van der Waals surface area contributed by atoms with Crippen LogP contribution < -0.4 is 11.0 Å². The first-order valence-electron chi connectivity index (χ1n) is 10.5. The maximum absolute atomic E-state index is 13.0. The fraction of sp³-hybridized carbons (Fsp3) is 0.304. The van der Waals surface area contributed by atoms with Crippen molar-refractivity contribution in [3.8, 4) is 0 Å². The Hall–Kier alpha value is -2.85. The van der Waals surface area contributed by atoms with Crippen molar-refractivity contribution in [1.29, 1.82) is 0 Å². The van der Waals surface area contributed by atoms with E-state index < -0.39 is 23.3 Å². The molecule has 34 heavy (non-hydrogen) atoms. The molecule has 2 aromatic heterocycles. The molecule has 6 nitrogen and oxygen atoms in total. The molecule has 1 aliphatic carbocycles. The molecule has 0 aliphatic heterocycles. The van der Waals surface area contributed by atoms with Gasteiger partial charge in [0.2, 0.25) is 5.91 Å². The lowest BCUT2D eigenvalue weighted by Gasteiger charge is -2.22. The average Bonchev–Trinajstić information content (AvgIpc) is 2.81. The van der Waals surface area contributed by atoms with Crippen molar-refractivity contribution in [2.24, 2.45) is 0 Å². The predicted molar refractivity (Wildman–Crippen MR) is 124 cm³/mol. The smallest absolute Gasteiger partial charge is 0.324 e. The van der Waals surface area contributed by atoms with Gasteiger partial charge >= 0.3 is 11.9 Å². The Kier molecular flexibility index (Phi) is 7.27. The average molecular weight is 509 g/mol. The van der Waals surface area contributed by atoms with Gasteiger partial charge in [0, 0.05) is 17.5 Å². The number of hydrogen-bond donors (Lipinski definition) is 1. The first-order valence-corrected chi connectivity index (χ1v) is 11.9. The quantitative estimate of drug-likeness (QED) is 0.376. The third kappa shape index (κ3) is 5.61. The van der Waals surface area contributed by atoms with E-state index in [-0.39, 0.29) is 16.5 Å². The molecule has 1 amide bonds. The summed E-state index contributed by atoms with van der Waals surface area (Å²) in [6, 6.07) is 8.23. The Morgan fingerprint density at radius 3 is 2.71 bits per heavy atom. The van der Waals surface area contributed by atoms with Gasteiger partial charge in [0.15, 0.2) is 0 Å². The van der Waals surface area contributed by atoms with Gasteiger partial charge in [-0.05, 0) is 56.0 Å². The number of carbonyl (C=O) groups is 1. The minimum absolute atomic E-state index is 0.000951. The van der Waals surface area contributed by atoms with E-state index in [1.807, 2.05) is 12.1 Å².